The number of aromatic nitrogens is 2. The summed E-state index contributed by atoms with van der Waals surface area (Å²) in [6, 6.07) is 5.53. The molecule has 2 aliphatic rings. The fourth-order valence-corrected chi connectivity index (χ4v) is 4.42. The summed E-state index contributed by atoms with van der Waals surface area (Å²) >= 11 is 12.0. The Kier molecular flexibility index (Phi) is 5.22. The van der Waals surface area contributed by atoms with E-state index in [1.165, 1.54) is 6.08 Å². The van der Waals surface area contributed by atoms with Gasteiger partial charge >= 0.3 is 0 Å². The summed E-state index contributed by atoms with van der Waals surface area (Å²) in [5.41, 5.74) is 0.352. The van der Waals surface area contributed by atoms with Crippen molar-refractivity contribution in [3.63, 3.8) is 0 Å². The molecular weight excluding hydrogens is 423 g/mol. The number of nitrogens with zero attached hydrogens (tertiary/aromatic N) is 5. The summed E-state index contributed by atoms with van der Waals surface area (Å²) in [6.07, 6.45) is 5.52. The second-order valence-electron chi connectivity index (χ2n) is 7.43. The van der Waals surface area contributed by atoms with Crippen molar-refractivity contribution in [1.82, 2.24) is 14.9 Å². The molecule has 2 fully saturated rings. The average Bonchev–Trinajstić information content (AvgIpc) is 3.43. The van der Waals surface area contributed by atoms with Gasteiger partial charge in [-0.15, -0.1) is 0 Å². The molecule has 0 aromatic carbocycles. The second kappa shape index (κ2) is 7.71. The number of fused-ring (bicyclic) bond motifs is 1. The third-order valence-corrected chi connectivity index (χ3v) is 6.00. The third-order valence-electron chi connectivity index (χ3n) is 5.52. The van der Waals surface area contributed by atoms with E-state index in [0.29, 0.717) is 35.7 Å². The Morgan fingerprint density at radius 2 is 2.23 bits per heavy atom. The fourth-order valence-electron chi connectivity index (χ4n) is 3.92. The SMILES string of the molecule is C=C/C(C#N)=C(\N=C/C)N1CC2(CC2C(=O)Nc2cc3cc(Cl)nc(Cl)c3cn2)C1. The smallest absolute Gasteiger partial charge is 0.229 e. The molecule has 1 amide bonds. The normalized spacial score (nSPS) is 19.9. The summed E-state index contributed by atoms with van der Waals surface area (Å²) in [7, 11) is 0. The first-order valence-electron chi connectivity index (χ1n) is 9.34. The number of allylic oxidation sites excluding steroid dienone is 2. The molecule has 2 aromatic heterocycles. The van der Waals surface area contributed by atoms with E-state index in [4.69, 9.17) is 23.2 Å². The summed E-state index contributed by atoms with van der Waals surface area (Å²) in [5, 5.41) is 14.1. The molecule has 4 rings (SSSR count). The molecule has 1 saturated heterocycles. The van der Waals surface area contributed by atoms with Crippen molar-refractivity contribution >= 4 is 51.9 Å². The third kappa shape index (κ3) is 3.53. The van der Waals surface area contributed by atoms with E-state index in [1.807, 2.05) is 4.90 Å². The molecule has 1 aliphatic heterocycles. The molecule has 1 unspecified atom stereocenters. The molecule has 1 N–H and O–H groups in total. The Hall–Kier alpha value is -2.95. The Labute approximate surface area is 183 Å². The Bertz CT molecular complexity index is 1160. The molecule has 30 heavy (non-hydrogen) atoms. The van der Waals surface area contributed by atoms with Crippen molar-refractivity contribution in [3.05, 3.63) is 52.7 Å². The Morgan fingerprint density at radius 1 is 1.47 bits per heavy atom. The first-order valence-corrected chi connectivity index (χ1v) is 10.1. The molecule has 9 heteroatoms. The number of nitriles is 1. The monoisotopic (exact) mass is 440 g/mol. The van der Waals surface area contributed by atoms with Gasteiger partial charge in [0.1, 0.15) is 28.0 Å². The zero-order valence-corrected chi connectivity index (χ0v) is 17.7. The number of nitrogens with one attached hydrogen (secondary N) is 1. The maximum absolute atomic E-state index is 12.8. The van der Waals surface area contributed by atoms with Crippen molar-refractivity contribution in [3.8, 4) is 6.07 Å². The van der Waals surface area contributed by atoms with Crippen molar-refractivity contribution in [2.24, 2.45) is 16.3 Å². The van der Waals surface area contributed by atoms with Crippen LogP contribution in [0.15, 0.2) is 47.4 Å². The van der Waals surface area contributed by atoms with E-state index < -0.39 is 0 Å². The van der Waals surface area contributed by atoms with Gasteiger partial charge in [0.2, 0.25) is 5.91 Å². The zero-order chi connectivity index (χ0) is 21.5. The number of aliphatic imine (C=N–C) groups is 1. The van der Waals surface area contributed by atoms with Crippen LogP contribution in [0.5, 0.6) is 0 Å². The number of carbonyl (C=O) groups excluding carboxylic acids is 1. The number of amides is 1. The lowest BCUT2D eigenvalue weighted by molar-refractivity contribution is -0.119. The van der Waals surface area contributed by atoms with Gasteiger partial charge in [0.05, 0.1) is 5.57 Å². The van der Waals surface area contributed by atoms with Gasteiger partial charge in [0.25, 0.3) is 0 Å². The highest BCUT2D eigenvalue weighted by Gasteiger charge is 2.65. The van der Waals surface area contributed by atoms with E-state index in [-0.39, 0.29) is 27.5 Å². The van der Waals surface area contributed by atoms with Crippen LogP contribution < -0.4 is 5.32 Å². The molecule has 1 aliphatic carbocycles. The number of rotatable bonds is 5. The largest absolute Gasteiger partial charge is 0.354 e. The van der Waals surface area contributed by atoms with Gasteiger partial charge in [-0.2, -0.15) is 5.26 Å². The first-order chi connectivity index (χ1) is 14.4. The quantitative estimate of drug-likeness (QED) is 0.325. The van der Waals surface area contributed by atoms with Crippen LogP contribution in [0.1, 0.15) is 13.3 Å². The van der Waals surface area contributed by atoms with E-state index in [1.54, 1.807) is 31.5 Å². The van der Waals surface area contributed by atoms with E-state index in [0.717, 1.165) is 11.8 Å². The molecule has 0 radical (unpaired) electrons. The second-order valence-corrected chi connectivity index (χ2v) is 8.18. The lowest BCUT2D eigenvalue weighted by Gasteiger charge is -2.42. The number of likely N-dealkylation sites (tertiary alicyclic amines) is 1. The standard InChI is InChI=1S/C21H18Cl2N6O/c1-3-12(8-24)19(25-4-2)29-10-21(11-29)7-15(21)20(30)28-17-6-13-5-16(22)27-18(23)14(13)9-26-17/h3-6,9,15H,1,7,10-11H2,2H3,(H,26,28,30)/b19-12-,25-4-. The molecule has 1 spiro atoms. The van der Waals surface area contributed by atoms with Crippen LogP contribution >= 0.6 is 23.2 Å². The average molecular weight is 441 g/mol. The highest BCUT2D eigenvalue weighted by atomic mass is 35.5. The summed E-state index contributed by atoms with van der Waals surface area (Å²) in [4.78, 5) is 27.3. The number of hydrogen-bond acceptors (Lipinski definition) is 6. The molecule has 152 valence electrons. The van der Waals surface area contributed by atoms with Gasteiger partial charge in [-0.1, -0.05) is 29.8 Å². The molecule has 7 nitrogen and oxygen atoms in total. The van der Waals surface area contributed by atoms with Crippen molar-refractivity contribution < 1.29 is 4.79 Å². The minimum Gasteiger partial charge on any atom is -0.354 e. The van der Waals surface area contributed by atoms with Gasteiger partial charge < -0.3 is 10.2 Å². The van der Waals surface area contributed by atoms with Crippen LogP contribution in [-0.4, -0.2) is 40.1 Å². The molecule has 1 atom stereocenters. The summed E-state index contributed by atoms with van der Waals surface area (Å²) in [6.45, 7) is 6.84. The van der Waals surface area contributed by atoms with E-state index in [9.17, 15) is 10.1 Å². The van der Waals surface area contributed by atoms with Crippen LogP contribution in [0.2, 0.25) is 10.3 Å². The van der Waals surface area contributed by atoms with Crippen molar-refractivity contribution in [2.45, 2.75) is 13.3 Å². The summed E-state index contributed by atoms with van der Waals surface area (Å²) < 4.78 is 0. The van der Waals surface area contributed by atoms with Crippen LogP contribution in [-0.2, 0) is 4.79 Å². The maximum atomic E-state index is 12.8. The van der Waals surface area contributed by atoms with Crippen molar-refractivity contribution in [1.29, 1.82) is 5.26 Å². The van der Waals surface area contributed by atoms with Gasteiger partial charge in [-0.25, -0.2) is 15.0 Å². The Balaban J connectivity index is 1.44. The van der Waals surface area contributed by atoms with Crippen LogP contribution in [0.25, 0.3) is 10.8 Å². The number of halogens is 2. The lowest BCUT2D eigenvalue weighted by Crippen LogP contribution is -2.49. The Morgan fingerprint density at radius 3 is 2.90 bits per heavy atom. The maximum Gasteiger partial charge on any atom is 0.229 e. The zero-order valence-electron chi connectivity index (χ0n) is 16.2. The number of carbonyl (C=O) groups is 1. The highest BCUT2D eigenvalue weighted by Crippen LogP contribution is 2.60. The van der Waals surface area contributed by atoms with Crippen molar-refractivity contribution in [2.75, 3.05) is 18.4 Å². The number of hydrogen-bond donors (Lipinski definition) is 1. The number of pyridine rings is 2. The molecular formula is C21H18Cl2N6O. The minimum absolute atomic E-state index is 0.0681. The topological polar surface area (TPSA) is 94.3 Å². The van der Waals surface area contributed by atoms with Gasteiger partial charge in [0.15, 0.2) is 0 Å². The first kappa shape index (κ1) is 20.3. The minimum atomic E-state index is -0.100. The van der Waals surface area contributed by atoms with Gasteiger partial charge in [-0.3, -0.25) is 4.79 Å². The molecule has 0 bridgehead atoms. The highest BCUT2D eigenvalue weighted by molar-refractivity contribution is 6.36. The van der Waals surface area contributed by atoms with Crippen LogP contribution in [0.4, 0.5) is 5.82 Å². The predicted molar refractivity (Wildman–Crippen MR) is 117 cm³/mol. The fraction of sp³-hybridized carbons (Fsp3) is 0.286. The molecule has 2 aromatic rings. The lowest BCUT2D eigenvalue weighted by atomic mass is 9.92. The van der Waals surface area contributed by atoms with E-state index in [2.05, 4.69) is 32.9 Å². The van der Waals surface area contributed by atoms with E-state index >= 15 is 0 Å². The molecule has 1 saturated carbocycles. The van der Waals surface area contributed by atoms with Gasteiger partial charge in [0, 0.05) is 42.2 Å². The molecule has 3 heterocycles. The number of anilines is 1. The summed E-state index contributed by atoms with van der Waals surface area (Å²) in [5.74, 6) is 0.877. The van der Waals surface area contributed by atoms with Crippen LogP contribution in [0.3, 0.4) is 0 Å². The van der Waals surface area contributed by atoms with Gasteiger partial charge in [-0.05, 0) is 36.9 Å². The predicted octanol–water partition coefficient (Wildman–Crippen LogP) is 4.21. The van der Waals surface area contributed by atoms with Crippen LogP contribution in [0, 0.1) is 22.7 Å².